The van der Waals surface area contributed by atoms with Crippen LogP contribution in [0, 0.1) is 0 Å². The van der Waals surface area contributed by atoms with Gasteiger partial charge in [0.25, 0.3) is 0 Å². The molecule has 0 atom stereocenters. The lowest BCUT2D eigenvalue weighted by Crippen LogP contribution is -2.12. The summed E-state index contributed by atoms with van der Waals surface area (Å²) in [5, 5.41) is 2.52. The van der Waals surface area contributed by atoms with E-state index in [1.807, 2.05) is 0 Å². The second kappa shape index (κ2) is 13.8. The minimum atomic E-state index is 0.844. The number of hydrogen-bond acceptors (Lipinski definition) is 2. The van der Waals surface area contributed by atoms with E-state index < -0.39 is 0 Å². The number of anilines is 3. The SMILES string of the molecule is c1ccc(-c2ccc(N(c3cc(-c4ccccc4)cc(-c4ccccc4)c3)c3cc4c(c5ccccc35)Cc3cccc(C5=Nc6ccccc6C5)c3-4)cc2)cc1. The maximum absolute atomic E-state index is 5.20. The molecule has 57 heavy (non-hydrogen) atoms. The molecule has 9 aromatic carbocycles. The lowest BCUT2D eigenvalue weighted by molar-refractivity contribution is 1.27. The van der Waals surface area contributed by atoms with Crippen molar-refractivity contribution >= 4 is 39.2 Å². The van der Waals surface area contributed by atoms with Gasteiger partial charge in [0.1, 0.15) is 0 Å². The van der Waals surface area contributed by atoms with Crippen molar-refractivity contribution in [3.8, 4) is 44.5 Å². The number of fused-ring (bicyclic) bond motifs is 6. The lowest BCUT2D eigenvalue weighted by atomic mass is 9.92. The Hall–Kier alpha value is -7.29. The first-order chi connectivity index (χ1) is 28.2. The van der Waals surface area contributed by atoms with Gasteiger partial charge >= 0.3 is 0 Å². The van der Waals surface area contributed by atoms with Crippen LogP contribution in [0.5, 0.6) is 0 Å². The van der Waals surface area contributed by atoms with Crippen LogP contribution in [-0.2, 0) is 12.8 Å². The molecule has 0 unspecified atom stereocenters. The van der Waals surface area contributed by atoms with Crippen LogP contribution in [-0.4, -0.2) is 5.71 Å². The smallest absolute Gasteiger partial charge is 0.0669 e. The van der Waals surface area contributed by atoms with Crippen molar-refractivity contribution in [1.29, 1.82) is 0 Å². The first-order valence-electron chi connectivity index (χ1n) is 19.8. The molecule has 1 aliphatic heterocycles. The van der Waals surface area contributed by atoms with Gasteiger partial charge in [0.15, 0.2) is 0 Å². The molecule has 0 spiro atoms. The number of aliphatic imine (C=N–C) groups is 1. The summed E-state index contributed by atoms with van der Waals surface area (Å²) in [6.45, 7) is 0. The molecule has 0 saturated heterocycles. The van der Waals surface area contributed by atoms with E-state index in [1.165, 1.54) is 77.5 Å². The molecule has 0 saturated carbocycles. The average Bonchev–Trinajstić information content (AvgIpc) is 3.90. The zero-order valence-electron chi connectivity index (χ0n) is 31.4. The van der Waals surface area contributed by atoms with E-state index in [2.05, 4.69) is 211 Å². The molecule has 1 aliphatic carbocycles. The Balaban J connectivity index is 1.16. The van der Waals surface area contributed by atoms with Crippen molar-refractivity contribution in [2.75, 3.05) is 4.90 Å². The summed E-state index contributed by atoms with van der Waals surface area (Å²) in [7, 11) is 0. The first kappa shape index (κ1) is 33.1. The van der Waals surface area contributed by atoms with Crippen molar-refractivity contribution in [2.24, 2.45) is 4.99 Å². The van der Waals surface area contributed by atoms with Crippen molar-refractivity contribution in [3.05, 3.63) is 229 Å². The summed E-state index contributed by atoms with van der Waals surface area (Å²) in [5.41, 5.74) is 20.6. The molecule has 0 bridgehead atoms. The van der Waals surface area contributed by atoms with E-state index in [-0.39, 0.29) is 0 Å². The number of hydrogen-bond donors (Lipinski definition) is 0. The summed E-state index contributed by atoms with van der Waals surface area (Å²) in [6, 6.07) is 75.1. The summed E-state index contributed by atoms with van der Waals surface area (Å²) < 4.78 is 0. The quantitative estimate of drug-likeness (QED) is 0.160. The maximum atomic E-state index is 5.20. The highest BCUT2D eigenvalue weighted by Crippen LogP contribution is 2.50. The van der Waals surface area contributed by atoms with Gasteiger partial charge in [-0.3, -0.25) is 4.99 Å². The second-order valence-corrected chi connectivity index (χ2v) is 15.1. The first-order valence-corrected chi connectivity index (χ1v) is 19.8. The highest BCUT2D eigenvalue weighted by atomic mass is 15.1. The van der Waals surface area contributed by atoms with Crippen LogP contribution >= 0.6 is 0 Å². The highest BCUT2D eigenvalue weighted by molar-refractivity contribution is 6.14. The van der Waals surface area contributed by atoms with Crippen LogP contribution in [0.3, 0.4) is 0 Å². The van der Waals surface area contributed by atoms with Gasteiger partial charge in [-0.05, 0) is 115 Å². The van der Waals surface area contributed by atoms with Crippen molar-refractivity contribution in [1.82, 2.24) is 0 Å². The van der Waals surface area contributed by atoms with Gasteiger partial charge in [0.05, 0.1) is 17.1 Å². The standard InChI is InChI=1S/C55H38N2/c1-4-15-37(16-5-1)40-27-29-45(30-28-40)57(46-32-43(38-17-6-2-7-18-38)31-44(33-46)39-19-8-3-9-20-39)54-36-51-50(47-23-11-12-24-48(47)54)34-42-22-14-25-49(55(42)51)53-35-41-21-10-13-26-52(41)56-53/h1-33,36H,34-35H2. The number of rotatable bonds is 7. The van der Waals surface area contributed by atoms with Gasteiger partial charge in [-0.15, -0.1) is 0 Å². The molecule has 2 nitrogen and oxygen atoms in total. The Morgan fingerprint density at radius 2 is 0.930 bits per heavy atom. The summed E-state index contributed by atoms with van der Waals surface area (Å²) >= 11 is 0. The van der Waals surface area contributed by atoms with Gasteiger partial charge in [-0.1, -0.05) is 164 Å². The van der Waals surface area contributed by atoms with E-state index in [9.17, 15) is 0 Å². The summed E-state index contributed by atoms with van der Waals surface area (Å²) in [6.07, 6.45) is 1.74. The second-order valence-electron chi connectivity index (χ2n) is 15.1. The molecule has 0 fully saturated rings. The van der Waals surface area contributed by atoms with Gasteiger partial charge in [0.2, 0.25) is 0 Å². The van der Waals surface area contributed by atoms with Crippen LogP contribution in [0.2, 0.25) is 0 Å². The number of para-hydroxylation sites is 1. The summed E-state index contributed by atoms with van der Waals surface area (Å²) in [5.74, 6) is 0. The van der Waals surface area contributed by atoms with Gasteiger partial charge in [0, 0.05) is 28.7 Å². The molecule has 2 aliphatic rings. The van der Waals surface area contributed by atoms with E-state index in [0.29, 0.717) is 0 Å². The molecular formula is C55H38N2. The Morgan fingerprint density at radius 3 is 1.60 bits per heavy atom. The molecule has 1 heterocycles. The fraction of sp³-hybridized carbons (Fsp3) is 0.0364. The fourth-order valence-electron chi connectivity index (χ4n) is 9.00. The highest BCUT2D eigenvalue weighted by Gasteiger charge is 2.29. The molecule has 11 rings (SSSR count). The van der Waals surface area contributed by atoms with Gasteiger partial charge in [-0.2, -0.15) is 0 Å². The molecule has 0 N–H and O–H groups in total. The molecule has 268 valence electrons. The minimum Gasteiger partial charge on any atom is -0.310 e. The van der Waals surface area contributed by atoms with Crippen molar-refractivity contribution in [2.45, 2.75) is 12.8 Å². The van der Waals surface area contributed by atoms with Crippen LogP contribution in [0.25, 0.3) is 55.3 Å². The van der Waals surface area contributed by atoms with Crippen LogP contribution in [0.1, 0.15) is 22.3 Å². The summed E-state index contributed by atoms with van der Waals surface area (Å²) in [4.78, 5) is 7.69. The number of benzene rings is 9. The van der Waals surface area contributed by atoms with Crippen LogP contribution in [0.4, 0.5) is 22.7 Å². The largest absolute Gasteiger partial charge is 0.310 e. The van der Waals surface area contributed by atoms with E-state index in [0.717, 1.165) is 41.3 Å². The predicted octanol–water partition coefficient (Wildman–Crippen LogP) is 14.6. The third-order valence-corrected chi connectivity index (χ3v) is 11.7. The molecular weight excluding hydrogens is 689 g/mol. The molecule has 0 radical (unpaired) electrons. The Labute approximate surface area is 333 Å². The third-order valence-electron chi connectivity index (χ3n) is 11.7. The van der Waals surface area contributed by atoms with Crippen molar-refractivity contribution in [3.63, 3.8) is 0 Å². The van der Waals surface area contributed by atoms with Crippen molar-refractivity contribution < 1.29 is 0 Å². The molecule has 0 amide bonds. The molecule has 2 heteroatoms. The monoisotopic (exact) mass is 726 g/mol. The van der Waals surface area contributed by atoms with E-state index in [1.54, 1.807) is 0 Å². The normalized spacial score (nSPS) is 12.5. The Kier molecular flexibility index (Phi) is 8.00. The zero-order valence-corrected chi connectivity index (χ0v) is 31.4. The number of nitrogens with zero attached hydrogens (tertiary/aromatic N) is 2. The lowest BCUT2D eigenvalue weighted by Gasteiger charge is -2.29. The molecule has 0 aromatic heterocycles. The fourth-order valence-corrected chi connectivity index (χ4v) is 9.00. The zero-order chi connectivity index (χ0) is 37.7. The maximum Gasteiger partial charge on any atom is 0.0669 e. The van der Waals surface area contributed by atoms with Gasteiger partial charge in [-0.25, -0.2) is 0 Å². The third kappa shape index (κ3) is 5.86. The average molecular weight is 727 g/mol. The van der Waals surface area contributed by atoms with Crippen LogP contribution in [0.15, 0.2) is 211 Å². The van der Waals surface area contributed by atoms with Crippen LogP contribution < -0.4 is 4.90 Å². The predicted molar refractivity (Wildman–Crippen MR) is 240 cm³/mol. The Bertz CT molecular complexity index is 2920. The Morgan fingerprint density at radius 1 is 0.368 bits per heavy atom. The van der Waals surface area contributed by atoms with E-state index in [4.69, 9.17) is 4.99 Å². The minimum absolute atomic E-state index is 0.844. The molecule has 9 aromatic rings. The van der Waals surface area contributed by atoms with E-state index >= 15 is 0 Å². The topological polar surface area (TPSA) is 15.6 Å². The van der Waals surface area contributed by atoms with Gasteiger partial charge < -0.3 is 4.90 Å².